The Hall–Kier alpha value is 0.570. The molecule has 1 N–H and O–H groups in total. The Bertz CT molecular complexity index is 501. The minimum Gasteiger partial charge on any atom is -0.210 e. The highest BCUT2D eigenvalue weighted by Crippen LogP contribution is 2.31. The van der Waals surface area contributed by atoms with Gasteiger partial charge < -0.3 is 0 Å². The molecule has 0 bridgehead atoms. The molecule has 0 saturated heterocycles. The Morgan fingerprint density at radius 1 is 1.39 bits per heavy atom. The lowest BCUT2D eigenvalue weighted by Crippen LogP contribution is -2.34. The van der Waals surface area contributed by atoms with Crippen LogP contribution >= 0.6 is 43.2 Å². The SMILES string of the molecule is O=S(=O)(NCC1CCCCC1Br)c1sccc1Br. The third-order valence-corrected chi connectivity index (χ3v) is 8.48. The second kappa shape index (κ2) is 6.35. The molecule has 0 aliphatic heterocycles. The molecule has 1 aliphatic carbocycles. The summed E-state index contributed by atoms with van der Waals surface area (Å²) in [6.07, 6.45) is 4.64. The highest BCUT2D eigenvalue weighted by atomic mass is 79.9. The van der Waals surface area contributed by atoms with Crippen LogP contribution in [0.25, 0.3) is 0 Å². The third-order valence-electron chi connectivity index (χ3n) is 3.18. The lowest BCUT2D eigenvalue weighted by Gasteiger charge is -2.27. The topological polar surface area (TPSA) is 46.2 Å². The molecular formula is C11H15Br2NO2S2. The van der Waals surface area contributed by atoms with Gasteiger partial charge in [-0.2, -0.15) is 0 Å². The van der Waals surface area contributed by atoms with Gasteiger partial charge in [0.1, 0.15) is 4.21 Å². The number of nitrogens with one attached hydrogen (secondary N) is 1. The van der Waals surface area contributed by atoms with E-state index in [1.165, 1.54) is 24.2 Å². The van der Waals surface area contributed by atoms with E-state index in [2.05, 4.69) is 36.6 Å². The van der Waals surface area contributed by atoms with Crippen LogP contribution in [0.5, 0.6) is 0 Å². The van der Waals surface area contributed by atoms with Gasteiger partial charge in [-0.05, 0) is 46.1 Å². The Kier molecular flexibility index (Phi) is 5.28. The van der Waals surface area contributed by atoms with Gasteiger partial charge in [0, 0.05) is 15.8 Å². The number of hydrogen-bond donors (Lipinski definition) is 1. The largest absolute Gasteiger partial charge is 0.251 e. The van der Waals surface area contributed by atoms with Crippen molar-refractivity contribution in [3.63, 3.8) is 0 Å². The summed E-state index contributed by atoms with van der Waals surface area (Å²) < 4.78 is 28.0. The van der Waals surface area contributed by atoms with E-state index < -0.39 is 10.0 Å². The lowest BCUT2D eigenvalue weighted by molar-refractivity contribution is 0.373. The van der Waals surface area contributed by atoms with Gasteiger partial charge >= 0.3 is 0 Å². The average Bonchev–Trinajstić information content (AvgIpc) is 2.75. The first kappa shape index (κ1) is 15.0. The minimum absolute atomic E-state index is 0.365. The molecule has 2 rings (SSSR count). The number of sulfonamides is 1. The van der Waals surface area contributed by atoms with E-state index in [4.69, 9.17) is 0 Å². The first-order valence-electron chi connectivity index (χ1n) is 5.87. The molecule has 1 aromatic rings. The molecule has 102 valence electrons. The monoisotopic (exact) mass is 415 g/mol. The van der Waals surface area contributed by atoms with Crippen molar-refractivity contribution < 1.29 is 8.42 Å². The van der Waals surface area contributed by atoms with Gasteiger partial charge in [-0.15, -0.1) is 11.3 Å². The molecule has 1 aromatic heterocycles. The van der Waals surface area contributed by atoms with Crippen LogP contribution in [0.1, 0.15) is 25.7 Å². The predicted molar refractivity (Wildman–Crippen MR) is 81.9 cm³/mol. The molecule has 0 radical (unpaired) electrons. The van der Waals surface area contributed by atoms with Crippen molar-refractivity contribution in [1.29, 1.82) is 0 Å². The second-order valence-electron chi connectivity index (χ2n) is 4.47. The summed E-state index contributed by atoms with van der Waals surface area (Å²) in [6.45, 7) is 0.516. The Morgan fingerprint density at radius 2 is 2.11 bits per heavy atom. The van der Waals surface area contributed by atoms with Gasteiger partial charge in [0.2, 0.25) is 0 Å². The molecular weight excluding hydrogens is 402 g/mol. The van der Waals surface area contributed by atoms with E-state index in [1.54, 1.807) is 11.4 Å². The van der Waals surface area contributed by atoms with Crippen molar-refractivity contribution in [2.75, 3.05) is 6.54 Å². The number of alkyl halides is 1. The number of hydrogen-bond acceptors (Lipinski definition) is 3. The summed E-state index contributed by atoms with van der Waals surface area (Å²) in [7, 11) is -3.37. The van der Waals surface area contributed by atoms with Crippen molar-refractivity contribution in [1.82, 2.24) is 4.72 Å². The van der Waals surface area contributed by atoms with Crippen molar-refractivity contribution in [2.45, 2.75) is 34.7 Å². The molecule has 0 spiro atoms. The summed E-state index contributed by atoms with van der Waals surface area (Å²) in [5.41, 5.74) is 0. The van der Waals surface area contributed by atoms with E-state index in [0.29, 0.717) is 26.0 Å². The zero-order chi connectivity index (χ0) is 13.2. The Morgan fingerprint density at radius 3 is 2.72 bits per heavy atom. The van der Waals surface area contributed by atoms with Crippen molar-refractivity contribution in [3.8, 4) is 0 Å². The van der Waals surface area contributed by atoms with Crippen molar-refractivity contribution in [3.05, 3.63) is 15.9 Å². The van der Waals surface area contributed by atoms with E-state index in [9.17, 15) is 8.42 Å². The van der Waals surface area contributed by atoms with Crippen LogP contribution < -0.4 is 4.72 Å². The first-order chi connectivity index (χ1) is 8.50. The molecule has 2 unspecified atom stereocenters. The van der Waals surface area contributed by atoms with Crippen LogP contribution in [0.2, 0.25) is 0 Å². The lowest BCUT2D eigenvalue weighted by atomic mass is 9.89. The smallest absolute Gasteiger partial charge is 0.210 e. The Labute approximate surface area is 129 Å². The highest BCUT2D eigenvalue weighted by molar-refractivity contribution is 9.10. The maximum Gasteiger partial charge on any atom is 0.251 e. The molecule has 1 saturated carbocycles. The minimum atomic E-state index is -3.37. The zero-order valence-electron chi connectivity index (χ0n) is 9.73. The molecule has 0 amide bonds. The summed E-state index contributed by atoms with van der Waals surface area (Å²) in [5.74, 6) is 0.396. The van der Waals surface area contributed by atoms with Gasteiger partial charge in [-0.25, -0.2) is 13.1 Å². The number of thiophene rings is 1. The van der Waals surface area contributed by atoms with Crippen LogP contribution in [0.4, 0.5) is 0 Å². The molecule has 3 nitrogen and oxygen atoms in total. The van der Waals surface area contributed by atoms with Crippen LogP contribution in [0.3, 0.4) is 0 Å². The van der Waals surface area contributed by atoms with Crippen LogP contribution in [-0.2, 0) is 10.0 Å². The molecule has 1 heterocycles. The van der Waals surface area contributed by atoms with Crippen molar-refractivity contribution in [2.24, 2.45) is 5.92 Å². The Balaban J connectivity index is 1.99. The molecule has 1 fully saturated rings. The summed E-state index contributed by atoms with van der Waals surface area (Å²) in [5, 5.41) is 1.77. The van der Waals surface area contributed by atoms with E-state index in [1.807, 2.05) is 0 Å². The van der Waals surface area contributed by atoms with Gasteiger partial charge in [-0.3, -0.25) is 0 Å². The fourth-order valence-corrected chi connectivity index (χ4v) is 6.40. The third kappa shape index (κ3) is 3.56. The number of halogens is 2. The molecule has 0 aromatic carbocycles. The fourth-order valence-electron chi connectivity index (χ4n) is 2.15. The van der Waals surface area contributed by atoms with Crippen LogP contribution in [-0.4, -0.2) is 19.8 Å². The van der Waals surface area contributed by atoms with E-state index in [-0.39, 0.29) is 0 Å². The first-order valence-corrected chi connectivity index (χ1v) is 9.94. The fraction of sp³-hybridized carbons (Fsp3) is 0.636. The van der Waals surface area contributed by atoms with E-state index in [0.717, 1.165) is 12.8 Å². The molecule has 2 atom stereocenters. The zero-order valence-corrected chi connectivity index (χ0v) is 14.5. The van der Waals surface area contributed by atoms with Crippen LogP contribution in [0, 0.1) is 5.92 Å². The number of rotatable bonds is 4. The summed E-state index contributed by atoms with van der Waals surface area (Å²) in [4.78, 5) is 0.431. The molecule has 18 heavy (non-hydrogen) atoms. The second-order valence-corrected chi connectivity index (χ2v) is 9.38. The predicted octanol–water partition coefficient (Wildman–Crippen LogP) is 3.74. The summed E-state index contributed by atoms with van der Waals surface area (Å²) in [6, 6.07) is 1.76. The highest BCUT2D eigenvalue weighted by Gasteiger charge is 2.26. The average molecular weight is 417 g/mol. The quantitative estimate of drug-likeness (QED) is 0.759. The van der Waals surface area contributed by atoms with E-state index >= 15 is 0 Å². The normalized spacial score (nSPS) is 25.2. The van der Waals surface area contributed by atoms with Gasteiger partial charge in [0.25, 0.3) is 10.0 Å². The van der Waals surface area contributed by atoms with Gasteiger partial charge in [0.05, 0.1) is 0 Å². The molecule has 7 heteroatoms. The summed E-state index contributed by atoms with van der Waals surface area (Å²) >= 11 is 8.14. The maximum atomic E-state index is 12.1. The van der Waals surface area contributed by atoms with Crippen molar-refractivity contribution >= 4 is 53.2 Å². The van der Waals surface area contributed by atoms with Gasteiger partial charge in [-0.1, -0.05) is 28.8 Å². The molecule has 1 aliphatic rings. The maximum absolute atomic E-state index is 12.1. The van der Waals surface area contributed by atoms with Crippen LogP contribution in [0.15, 0.2) is 20.1 Å². The van der Waals surface area contributed by atoms with Gasteiger partial charge in [0.15, 0.2) is 0 Å². The standard InChI is InChI=1S/C11H15Br2NO2S2/c12-9-4-2-1-3-8(9)7-14-18(15,16)11-10(13)5-6-17-11/h5-6,8-9,14H,1-4,7H2.